The molecule has 3 heteroatoms. The lowest BCUT2D eigenvalue weighted by molar-refractivity contribution is -0.146. The smallest absolute Gasteiger partial charge is 0.228 e. The van der Waals surface area contributed by atoms with Crippen molar-refractivity contribution in [3.63, 3.8) is 0 Å². The summed E-state index contributed by atoms with van der Waals surface area (Å²) < 4.78 is 0. The Hall–Kier alpha value is -0.570. The number of hydrogen-bond acceptors (Lipinski definition) is 2. The highest BCUT2D eigenvalue weighted by molar-refractivity contribution is 5.82. The van der Waals surface area contributed by atoms with Crippen molar-refractivity contribution in [3.8, 4) is 0 Å². The Morgan fingerprint density at radius 2 is 1.65 bits per heavy atom. The van der Waals surface area contributed by atoms with Crippen molar-refractivity contribution in [3.05, 3.63) is 0 Å². The highest BCUT2D eigenvalue weighted by atomic mass is 16.2. The van der Waals surface area contributed by atoms with Crippen molar-refractivity contribution >= 4 is 5.91 Å². The van der Waals surface area contributed by atoms with Crippen LogP contribution in [0.25, 0.3) is 0 Å². The highest BCUT2D eigenvalue weighted by Crippen LogP contribution is 2.24. The molecular formula is C14H28N2O. The Morgan fingerprint density at radius 1 is 1.12 bits per heavy atom. The van der Waals surface area contributed by atoms with E-state index in [4.69, 9.17) is 0 Å². The SMILES string of the molecule is CC(C)N1C[C@H](C)N(C(=O)C(C)(C)C)C[C@H]1C. The number of rotatable bonds is 1. The molecule has 1 fully saturated rings. The van der Waals surface area contributed by atoms with Crippen LogP contribution >= 0.6 is 0 Å². The van der Waals surface area contributed by atoms with E-state index in [-0.39, 0.29) is 11.3 Å². The van der Waals surface area contributed by atoms with Gasteiger partial charge in [-0.2, -0.15) is 0 Å². The Kier molecular flexibility index (Phi) is 4.23. The second-order valence-corrected chi connectivity index (χ2v) is 6.70. The number of amides is 1. The molecule has 0 saturated carbocycles. The van der Waals surface area contributed by atoms with Gasteiger partial charge in [-0.1, -0.05) is 20.8 Å². The Balaban J connectivity index is 2.77. The molecule has 0 unspecified atom stereocenters. The molecule has 1 rings (SSSR count). The second-order valence-electron chi connectivity index (χ2n) is 6.70. The van der Waals surface area contributed by atoms with Crippen molar-refractivity contribution < 1.29 is 4.79 Å². The van der Waals surface area contributed by atoms with Gasteiger partial charge in [0.05, 0.1) is 0 Å². The van der Waals surface area contributed by atoms with Gasteiger partial charge in [-0.15, -0.1) is 0 Å². The molecule has 0 aromatic rings. The maximum atomic E-state index is 12.4. The van der Waals surface area contributed by atoms with Crippen molar-refractivity contribution in [2.45, 2.75) is 66.6 Å². The monoisotopic (exact) mass is 240 g/mol. The summed E-state index contributed by atoms with van der Waals surface area (Å²) in [5, 5.41) is 0. The van der Waals surface area contributed by atoms with Gasteiger partial charge < -0.3 is 4.90 Å². The molecular weight excluding hydrogens is 212 g/mol. The molecule has 0 N–H and O–H groups in total. The number of carbonyl (C=O) groups excluding carboxylic acids is 1. The fraction of sp³-hybridized carbons (Fsp3) is 0.929. The molecule has 0 aliphatic carbocycles. The molecule has 1 aliphatic heterocycles. The van der Waals surface area contributed by atoms with Gasteiger partial charge in [0.1, 0.15) is 0 Å². The Morgan fingerprint density at radius 3 is 2.06 bits per heavy atom. The molecule has 2 atom stereocenters. The van der Waals surface area contributed by atoms with E-state index >= 15 is 0 Å². The summed E-state index contributed by atoms with van der Waals surface area (Å²) in [6.45, 7) is 16.7. The van der Waals surface area contributed by atoms with Crippen LogP contribution in [0, 0.1) is 5.41 Å². The zero-order valence-electron chi connectivity index (χ0n) is 12.4. The highest BCUT2D eigenvalue weighted by Gasteiger charge is 2.36. The van der Waals surface area contributed by atoms with Crippen molar-refractivity contribution in [1.82, 2.24) is 9.80 Å². The molecule has 1 aliphatic rings. The first-order valence-electron chi connectivity index (χ1n) is 6.71. The summed E-state index contributed by atoms with van der Waals surface area (Å²) in [7, 11) is 0. The summed E-state index contributed by atoms with van der Waals surface area (Å²) in [5.74, 6) is 0.278. The lowest BCUT2D eigenvalue weighted by atomic mass is 9.92. The number of piperazine rings is 1. The molecule has 1 heterocycles. The van der Waals surface area contributed by atoms with E-state index in [2.05, 4.69) is 37.5 Å². The summed E-state index contributed by atoms with van der Waals surface area (Å²) >= 11 is 0. The third kappa shape index (κ3) is 3.21. The lowest BCUT2D eigenvalue weighted by Gasteiger charge is -2.47. The average Bonchev–Trinajstić information content (AvgIpc) is 2.18. The summed E-state index contributed by atoms with van der Waals surface area (Å²) in [6.07, 6.45) is 0. The third-order valence-corrected chi connectivity index (χ3v) is 3.60. The van der Waals surface area contributed by atoms with E-state index in [1.165, 1.54) is 0 Å². The van der Waals surface area contributed by atoms with Gasteiger partial charge in [0.2, 0.25) is 5.91 Å². The maximum Gasteiger partial charge on any atom is 0.228 e. The molecule has 0 aromatic heterocycles. The van der Waals surface area contributed by atoms with Crippen LogP contribution in [0.15, 0.2) is 0 Å². The standard InChI is InChI=1S/C14H28N2O/c1-10(2)15-8-12(4)16(9-11(15)3)13(17)14(5,6)7/h10-12H,8-9H2,1-7H3/t11-,12+/m1/s1. The van der Waals surface area contributed by atoms with E-state index in [9.17, 15) is 4.79 Å². The fourth-order valence-electron chi connectivity index (χ4n) is 2.59. The number of hydrogen-bond donors (Lipinski definition) is 0. The van der Waals surface area contributed by atoms with E-state index in [1.807, 2.05) is 20.8 Å². The van der Waals surface area contributed by atoms with E-state index in [0.717, 1.165) is 13.1 Å². The molecule has 0 aromatic carbocycles. The molecule has 3 nitrogen and oxygen atoms in total. The summed E-state index contributed by atoms with van der Waals surface area (Å²) in [5.41, 5.74) is -0.270. The second kappa shape index (κ2) is 4.97. The normalized spacial score (nSPS) is 27.6. The van der Waals surface area contributed by atoms with Gasteiger partial charge in [-0.05, 0) is 27.7 Å². The lowest BCUT2D eigenvalue weighted by Crippen LogP contribution is -2.61. The van der Waals surface area contributed by atoms with Crippen LogP contribution in [0.5, 0.6) is 0 Å². The first-order chi connectivity index (χ1) is 7.64. The first kappa shape index (κ1) is 14.5. The third-order valence-electron chi connectivity index (χ3n) is 3.60. The molecule has 1 saturated heterocycles. The van der Waals surface area contributed by atoms with Crippen LogP contribution in [-0.4, -0.2) is 46.9 Å². The van der Waals surface area contributed by atoms with Gasteiger partial charge in [-0.25, -0.2) is 0 Å². The summed E-state index contributed by atoms with van der Waals surface area (Å²) in [6, 6.07) is 1.33. The maximum absolute atomic E-state index is 12.4. The Labute approximate surface area is 106 Å². The largest absolute Gasteiger partial charge is 0.337 e. The van der Waals surface area contributed by atoms with E-state index in [0.29, 0.717) is 18.1 Å². The zero-order chi connectivity index (χ0) is 13.4. The molecule has 1 amide bonds. The first-order valence-corrected chi connectivity index (χ1v) is 6.71. The van der Waals surface area contributed by atoms with Crippen molar-refractivity contribution in [2.24, 2.45) is 5.41 Å². The minimum absolute atomic E-state index is 0.270. The fourth-order valence-corrected chi connectivity index (χ4v) is 2.59. The topological polar surface area (TPSA) is 23.6 Å². The van der Waals surface area contributed by atoms with Crippen molar-refractivity contribution in [2.75, 3.05) is 13.1 Å². The Bertz CT molecular complexity index is 280. The quantitative estimate of drug-likeness (QED) is 0.702. The molecule has 0 bridgehead atoms. The van der Waals surface area contributed by atoms with E-state index in [1.54, 1.807) is 0 Å². The van der Waals surface area contributed by atoms with Crippen LogP contribution in [0.2, 0.25) is 0 Å². The van der Waals surface area contributed by atoms with Gasteiger partial charge in [-0.3, -0.25) is 9.69 Å². The van der Waals surface area contributed by atoms with E-state index < -0.39 is 0 Å². The van der Waals surface area contributed by atoms with Crippen LogP contribution in [0.4, 0.5) is 0 Å². The summed E-state index contributed by atoms with van der Waals surface area (Å²) in [4.78, 5) is 16.9. The molecule has 0 spiro atoms. The molecule has 17 heavy (non-hydrogen) atoms. The van der Waals surface area contributed by atoms with Crippen LogP contribution in [0.3, 0.4) is 0 Å². The number of nitrogens with zero attached hydrogens (tertiary/aromatic N) is 2. The van der Waals surface area contributed by atoms with Crippen LogP contribution < -0.4 is 0 Å². The number of carbonyl (C=O) groups is 1. The predicted molar refractivity (Wildman–Crippen MR) is 71.9 cm³/mol. The predicted octanol–water partition coefficient (Wildman–Crippen LogP) is 2.36. The van der Waals surface area contributed by atoms with Crippen LogP contribution in [0.1, 0.15) is 48.5 Å². The van der Waals surface area contributed by atoms with Gasteiger partial charge in [0.25, 0.3) is 0 Å². The zero-order valence-corrected chi connectivity index (χ0v) is 12.4. The molecule has 0 radical (unpaired) electrons. The van der Waals surface area contributed by atoms with Gasteiger partial charge in [0, 0.05) is 36.6 Å². The van der Waals surface area contributed by atoms with Crippen molar-refractivity contribution in [1.29, 1.82) is 0 Å². The average molecular weight is 240 g/mol. The minimum Gasteiger partial charge on any atom is -0.337 e. The van der Waals surface area contributed by atoms with Gasteiger partial charge >= 0.3 is 0 Å². The van der Waals surface area contributed by atoms with Crippen LogP contribution in [-0.2, 0) is 4.79 Å². The minimum atomic E-state index is -0.270. The molecule has 100 valence electrons. The van der Waals surface area contributed by atoms with Gasteiger partial charge in [0.15, 0.2) is 0 Å².